The Labute approximate surface area is 140 Å². The predicted molar refractivity (Wildman–Crippen MR) is 90.5 cm³/mol. The van der Waals surface area contributed by atoms with Gasteiger partial charge in [0, 0.05) is 13.6 Å². The van der Waals surface area contributed by atoms with Gasteiger partial charge < -0.3 is 9.80 Å². The normalized spacial score (nSPS) is 23.3. The molecule has 0 spiro atoms. The highest BCUT2D eigenvalue weighted by molar-refractivity contribution is 6.03. The first-order valence-corrected chi connectivity index (χ1v) is 7.88. The van der Waals surface area contributed by atoms with E-state index in [-0.39, 0.29) is 5.91 Å². The summed E-state index contributed by atoms with van der Waals surface area (Å²) in [5, 5.41) is 6.56. The summed E-state index contributed by atoms with van der Waals surface area (Å²) in [6.45, 7) is 2.66. The van der Waals surface area contributed by atoms with Crippen molar-refractivity contribution in [1.82, 2.24) is 20.5 Å². The molecule has 1 aromatic carbocycles. The SMILES string of the molecule is CCCN1C(N/N=C/c2ccccc2)=NC2C1C(=O)NC(=O)N2C. The molecule has 2 heterocycles. The summed E-state index contributed by atoms with van der Waals surface area (Å²) < 4.78 is 0. The molecule has 0 saturated carbocycles. The van der Waals surface area contributed by atoms with E-state index < -0.39 is 18.2 Å². The Morgan fingerprint density at radius 3 is 2.79 bits per heavy atom. The van der Waals surface area contributed by atoms with Gasteiger partial charge in [0.2, 0.25) is 5.96 Å². The van der Waals surface area contributed by atoms with Crippen molar-refractivity contribution in [2.75, 3.05) is 13.6 Å². The van der Waals surface area contributed by atoms with Crippen LogP contribution in [-0.4, -0.2) is 59.7 Å². The average Bonchev–Trinajstić information content (AvgIpc) is 2.93. The number of imide groups is 1. The molecule has 1 saturated heterocycles. The smallest absolute Gasteiger partial charge is 0.325 e. The van der Waals surface area contributed by atoms with E-state index in [4.69, 9.17) is 0 Å². The minimum atomic E-state index is -0.535. The van der Waals surface area contributed by atoms with Crippen LogP contribution in [0.2, 0.25) is 0 Å². The lowest BCUT2D eigenvalue weighted by Gasteiger charge is -2.35. The Bertz CT molecular complexity index is 687. The molecule has 0 aliphatic carbocycles. The molecular formula is C16H20N6O2. The molecule has 2 aliphatic heterocycles. The molecule has 3 rings (SSSR count). The maximum Gasteiger partial charge on any atom is 0.325 e. The number of carbonyl (C=O) groups excluding carboxylic acids is 2. The molecule has 126 valence electrons. The van der Waals surface area contributed by atoms with E-state index in [0.717, 1.165) is 12.0 Å². The number of urea groups is 1. The molecule has 8 heteroatoms. The summed E-state index contributed by atoms with van der Waals surface area (Å²) in [7, 11) is 1.63. The zero-order valence-electron chi connectivity index (χ0n) is 13.6. The van der Waals surface area contributed by atoms with Gasteiger partial charge in [0.1, 0.15) is 0 Å². The number of fused-ring (bicyclic) bond motifs is 1. The number of carbonyl (C=O) groups is 2. The number of nitrogens with one attached hydrogen (secondary N) is 2. The molecule has 8 nitrogen and oxygen atoms in total. The van der Waals surface area contributed by atoms with Crippen molar-refractivity contribution < 1.29 is 9.59 Å². The zero-order chi connectivity index (χ0) is 17.1. The number of benzene rings is 1. The van der Waals surface area contributed by atoms with Gasteiger partial charge in [-0.05, 0) is 12.0 Å². The summed E-state index contributed by atoms with van der Waals surface area (Å²) in [6.07, 6.45) is 1.99. The highest BCUT2D eigenvalue weighted by atomic mass is 16.2. The van der Waals surface area contributed by atoms with E-state index in [1.165, 1.54) is 4.90 Å². The first kappa shape index (κ1) is 16.0. The van der Waals surface area contributed by atoms with Crippen molar-refractivity contribution in [3.8, 4) is 0 Å². The van der Waals surface area contributed by atoms with Gasteiger partial charge in [-0.1, -0.05) is 37.3 Å². The first-order chi connectivity index (χ1) is 11.6. The molecule has 0 aromatic heterocycles. The second-order valence-corrected chi connectivity index (χ2v) is 5.69. The van der Waals surface area contributed by atoms with Gasteiger partial charge in [-0.15, -0.1) is 0 Å². The zero-order valence-corrected chi connectivity index (χ0v) is 13.6. The number of amides is 3. The maximum atomic E-state index is 12.2. The van der Waals surface area contributed by atoms with Gasteiger partial charge in [0.05, 0.1) is 6.21 Å². The lowest BCUT2D eigenvalue weighted by molar-refractivity contribution is -0.127. The quantitative estimate of drug-likeness (QED) is 0.624. The Hall–Kier alpha value is -2.90. The third kappa shape index (κ3) is 2.94. The van der Waals surface area contributed by atoms with Gasteiger partial charge in [0.15, 0.2) is 12.2 Å². The van der Waals surface area contributed by atoms with Crippen LogP contribution < -0.4 is 10.7 Å². The molecule has 24 heavy (non-hydrogen) atoms. The van der Waals surface area contributed by atoms with E-state index in [9.17, 15) is 9.59 Å². The van der Waals surface area contributed by atoms with Crippen LogP contribution in [0.5, 0.6) is 0 Å². The van der Waals surface area contributed by atoms with E-state index in [1.54, 1.807) is 13.3 Å². The summed E-state index contributed by atoms with van der Waals surface area (Å²) in [5.74, 6) is 0.167. The molecule has 2 unspecified atom stereocenters. The van der Waals surface area contributed by atoms with Crippen molar-refractivity contribution in [1.29, 1.82) is 0 Å². The number of hydrazone groups is 1. The summed E-state index contributed by atoms with van der Waals surface area (Å²) in [6, 6.07) is 8.70. The Morgan fingerprint density at radius 1 is 1.33 bits per heavy atom. The fourth-order valence-electron chi connectivity index (χ4n) is 2.81. The summed E-state index contributed by atoms with van der Waals surface area (Å²) in [5.41, 5.74) is 3.86. The summed E-state index contributed by atoms with van der Waals surface area (Å²) >= 11 is 0. The van der Waals surface area contributed by atoms with Crippen LogP contribution in [0.25, 0.3) is 0 Å². The second kappa shape index (κ2) is 6.69. The van der Waals surface area contributed by atoms with Crippen LogP contribution in [0.3, 0.4) is 0 Å². The van der Waals surface area contributed by atoms with E-state index >= 15 is 0 Å². The predicted octanol–water partition coefficient (Wildman–Crippen LogP) is 0.568. The molecule has 0 bridgehead atoms. The fraction of sp³-hybridized carbons (Fsp3) is 0.375. The average molecular weight is 328 g/mol. The molecule has 3 amide bonds. The number of aliphatic imine (C=N–C) groups is 1. The molecule has 1 aromatic rings. The fourth-order valence-corrected chi connectivity index (χ4v) is 2.81. The molecule has 2 atom stereocenters. The number of rotatable bonds is 4. The van der Waals surface area contributed by atoms with E-state index in [2.05, 4.69) is 20.8 Å². The van der Waals surface area contributed by atoms with Crippen molar-refractivity contribution in [3.05, 3.63) is 35.9 Å². The highest BCUT2D eigenvalue weighted by Crippen LogP contribution is 2.23. The Balaban J connectivity index is 1.79. The highest BCUT2D eigenvalue weighted by Gasteiger charge is 2.48. The lowest BCUT2D eigenvalue weighted by atomic mass is 10.1. The topological polar surface area (TPSA) is 89.4 Å². The number of hydrogen-bond donors (Lipinski definition) is 2. The number of hydrogen-bond acceptors (Lipinski definition) is 6. The number of guanidine groups is 1. The number of nitrogens with zero attached hydrogens (tertiary/aromatic N) is 4. The third-order valence-corrected chi connectivity index (χ3v) is 4.00. The summed E-state index contributed by atoms with van der Waals surface area (Å²) in [4.78, 5) is 31.8. The molecule has 2 aliphatic rings. The Morgan fingerprint density at radius 2 is 2.08 bits per heavy atom. The monoisotopic (exact) mass is 328 g/mol. The maximum absolute atomic E-state index is 12.2. The van der Waals surface area contributed by atoms with Crippen molar-refractivity contribution in [2.45, 2.75) is 25.6 Å². The van der Waals surface area contributed by atoms with Gasteiger partial charge in [0.25, 0.3) is 5.91 Å². The van der Waals surface area contributed by atoms with Crippen molar-refractivity contribution in [3.63, 3.8) is 0 Å². The first-order valence-electron chi connectivity index (χ1n) is 7.88. The van der Waals surface area contributed by atoms with Crippen LogP contribution in [0.15, 0.2) is 40.4 Å². The molecule has 1 fully saturated rings. The van der Waals surface area contributed by atoms with Gasteiger partial charge in [-0.2, -0.15) is 5.10 Å². The molecule has 0 radical (unpaired) electrons. The third-order valence-electron chi connectivity index (χ3n) is 4.00. The minimum absolute atomic E-state index is 0.330. The van der Waals surface area contributed by atoms with Crippen LogP contribution >= 0.6 is 0 Å². The van der Waals surface area contributed by atoms with Gasteiger partial charge >= 0.3 is 6.03 Å². The second-order valence-electron chi connectivity index (χ2n) is 5.69. The minimum Gasteiger partial charge on any atom is -0.326 e. The van der Waals surface area contributed by atoms with Gasteiger partial charge in [-0.3, -0.25) is 10.1 Å². The number of likely N-dealkylation sites (N-methyl/N-ethyl adjacent to an activating group) is 1. The van der Waals surface area contributed by atoms with Crippen molar-refractivity contribution >= 4 is 24.1 Å². The van der Waals surface area contributed by atoms with E-state index in [1.807, 2.05) is 42.2 Å². The van der Waals surface area contributed by atoms with Crippen LogP contribution in [-0.2, 0) is 4.79 Å². The largest absolute Gasteiger partial charge is 0.326 e. The Kier molecular flexibility index (Phi) is 4.45. The van der Waals surface area contributed by atoms with E-state index in [0.29, 0.717) is 12.5 Å². The van der Waals surface area contributed by atoms with Crippen LogP contribution in [0.4, 0.5) is 4.79 Å². The van der Waals surface area contributed by atoms with Crippen LogP contribution in [0, 0.1) is 0 Å². The lowest BCUT2D eigenvalue weighted by Crippen LogP contribution is -2.64. The van der Waals surface area contributed by atoms with Crippen molar-refractivity contribution in [2.24, 2.45) is 10.1 Å². The molecule has 2 N–H and O–H groups in total. The molecular weight excluding hydrogens is 308 g/mol. The van der Waals surface area contributed by atoms with Gasteiger partial charge in [-0.25, -0.2) is 15.2 Å². The standard InChI is InChI=1S/C16H20N6O2/c1-3-9-22-12-13(21(2)16(24)19-14(12)23)18-15(22)20-17-10-11-7-5-4-6-8-11/h4-8,10,12-13H,3,9H2,1-2H3,(H,18,20)(H,19,23,24)/b17-10+. The van der Waals surface area contributed by atoms with Crippen LogP contribution in [0.1, 0.15) is 18.9 Å².